The van der Waals surface area contributed by atoms with Gasteiger partial charge in [-0.2, -0.15) is 0 Å². The van der Waals surface area contributed by atoms with E-state index in [-0.39, 0.29) is 0 Å². The Hall–Kier alpha value is -3.41. The molecule has 0 spiro atoms. The Morgan fingerprint density at radius 2 is 1.92 bits per heavy atom. The van der Waals surface area contributed by atoms with E-state index < -0.39 is 0 Å². The number of hydrogen-bond acceptors (Lipinski definition) is 5. The van der Waals surface area contributed by atoms with Gasteiger partial charge in [-0.1, -0.05) is 29.8 Å². The highest BCUT2D eigenvalue weighted by Crippen LogP contribution is 2.24. The topological polar surface area (TPSA) is 75.7 Å². The van der Waals surface area contributed by atoms with Crippen molar-refractivity contribution in [2.75, 3.05) is 12.4 Å². The Labute approximate surface area is 151 Å². The van der Waals surface area contributed by atoms with Crippen LogP contribution in [0.15, 0.2) is 54.9 Å². The van der Waals surface area contributed by atoms with Crippen molar-refractivity contribution >= 4 is 17.0 Å². The van der Waals surface area contributed by atoms with Crippen molar-refractivity contribution < 1.29 is 4.74 Å². The van der Waals surface area contributed by atoms with Gasteiger partial charge in [0.1, 0.15) is 23.4 Å². The number of fused-ring (bicyclic) bond motifs is 1. The third-order valence-electron chi connectivity index (χ3n) is 4.19. The number of methoxy groups -OCH3 is 1. The maximum atomic E-state index is 5.20. The van der Waals surface area contributed by atoms with Gasteiger partial charge in [0, 0.05) is 12.1 Å². The Kier molecular flexibility index (Phi) is 4.23. The van der Waals surface area contributed by atoms with Crippen LogP contribution in [0.4, 0.5) is 5.82 Å². The summed E-state index contributed by atoms with van der Waals surface area (Å²) in [6, 6.07) is 16.1. The summed E-state index contributed by atoms with van der Waals surface area (Å²) in [4.78, 5) is 16.5. The molecular weight excluding hydrogens is 326 g/mol. The zero-order chi connectivity index (χ0) is 17.9. The van der Waals surface area contributed by atoms with Crippen molar-refractivity contribution in [2.45, 2.75) is 13.5 Å². The Morgan fingerprint density at radius 1 is 1.08 bits per heavy atom. The van der Waals surface area contributed by atoms with Gasteiger partial charge in [0.05, 0.1) is 7.11 Å². The monoisotopic (exact) mass is 345 g/mol. The first-order valence-electron chi connectivity index (χ1n) is 8.37. The number of aromatic nitrogens is 4. The zero-order valence-corrected chi connectivity index (χ0v) is 14.7. The fraction of sp³-hybridized carbons (Fsp3) is 0.150. The summed E-state index contributed by atoms with van der Waals surface area (Å²) in [5, 5.41) is 3.37. The van der Waals surface area contributed by atoms with Gasteiger partial charge in [0.15, 0.2) is 11.5 Å². The Balaban J connectivity index is 1.62. The molecule has 2 heterocycles. The van der Waals surface area contributed by atoms with E-state index in [4.69, 9.17) is 4.74 Å². The van der Waals surface area contributed by atoms with E-state index in [0.717, 1.165) is 28.5 Å². The summed E-state index contributed by atoms with van der Waals surface area (Å²) >= 11 is 0. The molecule has 0 aliphatic rings. The lowest BCUT2D eigenvalue weighted by atomic mass is 10.1. The summed E-state index contributed by atoms with van der Waals surface area (Å²) in [6.45, 7) is 2.77. The van der Waals surface area contributed by atoms with E-state index in [1.807, 2.05) is 24.3 Å². The molecule has 0 amide bonds. The summed E-state index contributed by atoms with van der Waals surface area (Å²) in [5.41, 5.74) is 4.84. The Bertz CT molecular complexity index is 1040. The van der Waals surface area contributed by atoms with E-state index in [9.17, 15) is 0 Å². The number of ether oxygens (including phenoxy) is 1. The number of anilines is 1. The summed E-state index contributed by atoms with van der Waals surface area (Å²) in [6.07, 6.45) is 1.53. The minimum absolute atomic E-state index is 0.637. The van der Waals surface area contributed by atoms with Gasteiger partial charge < -0.3 is 15.0 Å². The van der Waals surface area contributed by atoms with Gasteiger partial charge in [0.25, 0.3) is 0 Å². The first-order chi connectivity index (χ1) is 12.7. The summed E-state index contributed by atoms with van der Waals surface area (Å²) in [7, 11) is 1.65. The van der Waals surface area contributed by atoms with Gasteiger partial charge in [-0.15, -0.1) is 0 Å². The van der Waals surface area contributed by atoms with Crippen molar-refractivity contribution in [1.82, 2.24) is 19.9 Å². The molecule has 0 fully saturated rings. The minimum atomic E-state index is 0.637. The number of nitrogens with zero attached hydrogens (tertiary/aromatic N) is 3. The molecular formula is C20H19N5O. The van der Waals surface area contributed by atoms with Crippen LogP contribution in [0.1, 0.15) is 11.1 Å². The van der Waals surface area contributed by atoms with Gasteiger partial charge >= 0.3 is 0 Å². The van der Waals surface area contributed by atoms with Crippen LogP contribution in [-0.2, 0) is 6.54 Å². The van der Waals surface area contributed by atoms with Crippen LogP contribution in [0, 0.1) is 6.92 Å². The first kappa shape index (κ1) is 16.1. The van der Waals surface area contributed by atoms with Gasteiger partial charge in [-0.3, -0.25) is 0 Å². The highest BCUT2D eigenvalue weighted by Gasteiger charge is 2.11. The largest absolute Gasteiger partial charge is 0.497 e. The number of hydrogen-bond donors (Lipinski definition) is 2. The molecule has 0 saturated carbocycles. The molecule has 2 aromatic carbocycles. The van der Waals surface area contributed by atoms with Crippen molar-refractivity contribution in [3.63, 3.8) is 0 Å². The second-order valence-electron chi connectivity index (χ2n) is 6.08. The number of aromatic amines is 1. The van der Waals surface area contributed by atoms with Crippen molar-refractivity contribution in [3.8, 4) is 17.1 Å². The number of H-pyrrole nitrogens is 1. The maximum absolute atomic E-state index is 5.20. The molecule has 26 heavy (non-hydrogen) atoms. The zero-order valence-electron chi connectivity index (χ0n) is 14.7. The number of benzene rings is 2. The molecule has 2 N–H and O–H groups in total. The third-order valence-corrected chi connectivity index (χ3v) is 4.19. The molecule has 0 radical (unpaired) electrons. The van der Waals surface area contributed by atoms with E-state index in [2.05, 4.69) is 56.4 Å². The summed E-state index contributed by atoms with van der Waals surface area (Å²) in [5.74, 6) is 2.30. The van der Waals surface area contributed by atoms with E-state index in [1.165, 1.54) is 17.5 Å². The van der Waals surface area contributed by atoms with E-state index in [1.54, 1.807) is 7.11 Å². The normalized spacial score (nSPS) is 10.8. The average Bonchev–Trinajstić information content (AvgIpc) is 3.11. The predicted molar refractivity (Wildman–Crippen MR) is 102 cm³/mol. The van der Waals surface area contributed by atoms with Gasteiger partial charge in [0.2, 0.25) is 0 Å². The lowest BCUT2D eigenvalue weighted by Gasteiger charge is -2.06. The second kappa shape index (κ2) is 6.84. The summed E-state index contributed by atoms with van der Waals surface area (Å²) < 4.78 is 5.20. The first-order valence-corrected chi connectivity index (χ1v) is 8.37. The minimum Gasteiger partial charge on any atom is -0.497 e. The molecule has 0 atom stereocenters. The van der Waals surface area contributed by atoms with Crippen LogP contribution in [-0.4, -0.2) is 27.0 Å². The van der Waals surface area contributed by atoms with Crippen molar-refractivity contribution in [1.29, 1.82) is 0 Å². The van der Waals surface area contributed by atoms with Crippen LogP contribution in [0.2, 0.25) is 0 Å². The molecule has 6 nitrogen and oxygen atoms in total. The SMILES string of the molecule is COc1ccc(-c2nc3ncnc(NCc4cccc(C)c4)c3[nH]2)cc1. The molecule has 0 aliphatic heterocycles. The number of imidazole rings is 1. The molecule has 2 aromatic heterocycles. The molecule has 130 valence electrons. The second-order valence-corrected chi connectivity index (χ2v) is 6.08. The van der Waals surface area contributed by atoms with Crippen LogP contribution in [0.5, 0.6) is 5.75 Å². The highest BCUT2D eigenvalue weighted by molar-refractivity contribution is 5.85. The quantitative estimate of drug-likeness (QED) is 0.573. The lowest BCUT2D eigenvalue weighted by Crippen LogP contribution is -2.02. The van der Waals surface area contributed by atoms with Crippen LogP contribution in [0.25, 0.3) is 22.6 Å². The molecule has 0 bridgehead atoms. The van der Waals surface area contributed by atoms with Crippen LogP contribution >= 0.6 is 0 Å². The standard InChI is InChI=1S/C20H19N5O/c1-13-4-3-5-14(10-13)11-21-19-17-20(23-12-22-19)25-18(24-17)15-6-8-16(26-2)9-7-15/h3-10,12H,11H2,1-2H3,(H2,21,22,23,24,25). The molecule has 4 rings (SSSR count). The van der Waals surface area contributed by atoms with Gasteiger partial charge in [-0.25, -0.2) is 15.0 Å². The third kappa shape index (κ3) is 3.21. The highest BCUT2D eigenvalue weighted by atomic mass is 16.5. The van der Waals surface area contributed by atoms with Crippen molar-refractivity contribution in [3.05, 3.63) is 66.0 Å². The average molecular weight is 345 g/mol. The molecule has 0 saturated heterocycles. The smallest absolute Gasteiger partial charge is 0.183 e. The molecule has 6 heteroatoms. The van der Waals surface area contributed by atoms with E-state index in [0.29, 0.717) is 12.2 Å². The van der Waals surface area contributed by atoms with Crippen LogP contribution in [0.3, 0.4) is 0 Å². The Morgan fingerprint density at radius 3 is 2.69 bits per heavy atom. The van der Waals surface area contributed by atoms with Crippen molar-refractivity contribution in [2.24, 2.45) is 0 Å². The molecule has 4 aromatic rings. The van der Waals surface area contributed by atoms with E-state index >= 15 is 0 Å². The lowest BCUT2D eigenvalue weighted by molar-refractivity contribution is 0.415. The maximum Gasteiger partial charge on any atom is 0.183 e. The molecule has 0 aliphatic carbocycles. The fourth-order valence-electron chi connectivity index (χ4n) is 2.86. The number of aryl methyl sites for hydroxylation is 1. The number of rotatable bonds is 5. The van der Waals surface area contributed by atoms with Crippen LogP contribution < -0.4 is 10.1 Å². The number of nitrogens with one attached hydrogen (secondary N) is 2. The van der Waals surface area contributed by atoms with Gasteiger partial charge in [-0.05, 0) is 36.8 Å². The fourth-order valence-corrected chi connectivity index (χ4v) is 2.86. The molecule has 0 unspecified atom stereocenters. The predicted octanol–water partition coefficient (Wildman–Crippen LogP) is 3.95.